The maximum absolute atomic E-state index is 12.4. The second-order valence-electron chi connectivity index (χ2n) is 6.00. The van der Waals surface area contributed by atoms with Crippen molar-refractivity contribution in [2.24, 2.45) is 0 Å². The number of benzene rings is 2. The van der Waals surface area contributed by atoms with E-state index in [1.54, 1.807) is 19.2 Å². The second-order valence-corrected chi connectivity index (χ2v) is 6.00. The average Bonchev–Trinajstić information content (AvgIpc) is 3.13. The predicted molar refractivity (Wildman–Crippen MR) is 101 cm³/mol. The quantitative estimate of drug-likeness (QED) is 0.660. The lowest BCUT2D eigenvalue weighted by Crippen LogP contribution is -2.12. The minimum Gasteiger partial charge on any atom is -0.496 e. The highest BCUT2D eigenvalue weighted by Gasteiger charge is 2.12. The van der Waals surface area contributed by atoms with E-state index in [0.29, 0.717) is 23.4 Å². The van der Waals surface area contributed by atoms with E-state index < -0.39 is 0 Å². The van der Waals surface area contributed by atoms with Gasteiger partial charge >= 0.3 is 0 Å². The number of ketones is 1. The molecule has 0 saturated carbocycles. The average molecular weight is 348 g/mol. The van der Waals surface area contributed by atoms with Crippen LogP contribution in [0.2, 0.25) is 0 Å². The fraction of sp³-hybridized carbons (Fsp3) is 0.143. The molecule has 3 rings (SSSR count). The van der Waals surface area contributed by atoms with Gasteiger partial charge in [-0.3, -0.25) is 9.59 Å². The molecular formula is C21H20N2O3. The number of amides is 1. The molecule has 1 heterocycles. The van der Waals surface area contributed by atoms with Crippen LogP contribution in [0, 0.1) is 0 Å². The van der Waals surface area contributed by atoms with Gasteiger partial charge in [-0.25, -0.2) is 0 Å². The number of carbonyl (C=O) groups is 2. The largest absolute Gasteiger partial charge is 0.496 e. The monoisotopic (exact) mass is 348 g/mol. The first-order valence-electron chi connectivity index (χ1n) is 8.28. The molecule has 0 bridgehead atoms. The summed E-state index contributed by atoms with van der Waals surface area (Å²) in [4.78, 5) is 26.6. The molecule has 5 nitrogen and oxygen atoms in total. The molecule has 1 amide bonds. The highest BCUT2D eigenvalue weighted by Crippen LogP contribution is 2.25. The molecule has 1 aromatic heterocycles. The molecular weight excluding hydrogens is 328 g/mol. The van der Waals surface area contributed by atoms with Gasteiger partial charge in [0.05, 0.1) is 7.11 Å². The predicted octanol–water partition coefficient (Wildman–Crippen LogP) is 4.07. The zero-order valence-electron chi connectivity index (χ0n) is 14.7. The minimum absolute atomic E-state index is 0.0881. The molecule has 0 aliphatic carbocycles. The lowest BCUT2D eigenvalue weighted by atomic mass is 10.0. The van der Waals surface area contributed by atoms with Crippen LogP contribution in [0.15, 0.2) is 60.8 Å². The Bertz CT molecular complexity index is 929. The Balaban J connectivity index is 1.80. The van der Waals surface area contributed by atoms with Crippen molar-refractivity contribution in [3.63, 3.8) is 0 Å². The van der Waals surface area contributed by atoms with Gasteiger partial charge in [0.1, 0.15) is 11.4 Å². The molecule has 0 saturated heterocycles. The van der Waals surface area contributed by atoms with Crippen LogP contribution in [0.3, 0.4) is 0 Å². The van der Waals surface area contributed by atoms with Crippen molar-refractivity contribution >= 4 is 17.4 Å². The Hall–Kier alpha value is -3.34. The summed E-state index contributed by atoms with van der Waals surface area (Å²) in [5, 5.41) is 2.85. The highest BCUT2D eigenvalue weighted by molar-refractivity contribution is 6.05. The third kappa shape index (κ3) is 4.00. The van der Waals surface area contributed by atoms with Crippen molar-refractivity contribution in [3.05, 3.63) is 83.2 Å². The van der Waals surface area contributed by atoms with Gasteiger partial charge in [0.2, 0.25) is 0 Å². The number of hydrogen-bond acceptors (Lipinski definition) is 3. The Morgan fingerprint density at radius 3 is 2.50 bits per heavy atom. The number of aromatic amines is 1. The highest BCUT2D eigenvalue weighted by atomic mass is 16.5. The van der Waals surface area contributed by atoms with Crippen LogP contribution in [0.5, 0.6) is 5.75 Å². The molecule has 3 aromatic rings. The number of carbonyl (C=O) groups excluding carboxylic acids is 2. The van der Waals surface area contributed by atoms with Crippen molar-refractivity contribution < 1.29 is 14.3 Å². The maximum Gasteiger partial charge on any atom is 0.272 e. The first kappa shape index (κ1) is 17.5. The number of methoxy groups -OCH3 is 1. The normalized spacial score (nSPS) is 10.4. The van der Waals surface area contributed by atoms with E-state index in [4.69, 9.17) is 4.74 Å². The van der Waals surface area contributed by atoms with Gasteiger partial charge < -0.3 is 15.0 Å². The number of aromatic nitrogens is 1. The summed E-state index contributed by atoms with van der Waals surface area (Å²) < 4.78 is 5.44. The van der Waals surface area contributed by atoms with Crippen molar-refractivity contribution in [3.8, 4) is 5.75 Å². The molecule has 5 heteroatoms. The van der Waals surface area contributed by atoms with Crippen LogP contribution >= 0.6 is 0 Å². The fourth-order valence-corrected chi connectivity index (χ4v) is 2.74. The van der Waals surface area contributed by atoms with Crippen LogP contribution in [0.25, 0.3) is 0 Å². The standard InChI is InChI=1S/C21H20N2O3/c1-14(24)17-12-19(22-13-17)21(25)23-18-8-9-20(26-2)16(11-18)10-15-6-4-3-5-7-15/h3-9,11-13,22H,10H2,1-2H3,(H,23,25). The maximum atomic E-state index is 12.4. The Kier molecular flexibility index (Phi) is 5.17. The summed E-state index contributed by atoms with van der Waals surface area (Å²) in [6.07, 6.45) is 2.23. The third-order valence-electron chi connectivity index (χ3n) is 4.11. The first-order chi connectivity index (χ1) is 12.6. The molecule has 2 N–H and O–H groups in total. The lowest BCUT2D eigenvalue weighted by Gasteiger charge is -2.12. The fourth-order valence-electron chi connectivity index (χ4n) is 2.74. The number of Topliss-reactive ketones (excluding diaryl/α,β-unsaturated/α-hetero) is 1. The van der Waals surface area contributed by atoms with Gasteiger partial charge in [0.25, 0.3) is 5.91 Å². The van der Waals surface area contributed by atoms with Gasteiger partial charge in [0.15, 0.2) is 5.78 Å². The van der Waals surface area contributed by atoms with Crippen LogP contribution in [0.4, 0.5) is 5.69 Å². The summed E-state index contributed by atoms with van der Waals surface area (Å²) in [6, 6.07) is 17.1. The first-order valence-corrected chi connectivity index (χ1v) is 8.28. The number of anilines is 1. The Labute approximate surface area is 152 Å². The summed E-state index contributed by atoms with van der Waals surface area (Å²) in [7, 11) is 1.63. The van der Waals surface area contributed by atoms with Gasteiger partial charge in [-0.2, -0.15) is 0 Å². The molecule has 0 atom stereocenters. The molecule has 0 aliphatic rings. The molecule has 26 heavy (non-hydrogen) atoms. The number of nitrogens with one attached hydrogen (secondary N) is 2. The summed E-state index contributed by atoms with van der Waals surface area (Å²) in [6.45, 7) is 1.46. The second kappa shape index (κ2) is 7.70. The molecule has 0 fully saturated rings. The van der Waals surface area contributed by atoms with E-state index in [1.807, 2.05) is 42.5 Å². The van der Waals surface area contributed by atoms with E-state index in [-0.39, 0.29) is 11.7 Å². The summed E-state index contributed by atoms with van der Waals surface area (Å²) in [5.41, 5.74) is 3.63. The Morgan fingerprint density at radius 2 is 1.85 bits per heavy atom. The smallest absolute Gasteiger partial charge is 0.272 e. The minimum atomic E-state index is -0.298. The van der Waals surface area contributed by atoms with E-state index in [9.17, 15) is 9.59 Å². The molecule has 0 spiro atoms. The van der Waals surface area contributed by atoms with Crippen LogP contribution < -0.4 is 10.1 Å². The lowest BCUT2D eigenvalue weighted by molar-refractivity contribution is 0.101. The topological polar surface area (TPSA) is 71.2 Å². The summed E-state index contributed by atoms with van der Waals surface area (Å²) in [5.74, 6) is 0.383. The Morgan fingerprint density at radius 1 is 1.08 bits per heavy atom. The number of H-pyrrole nitrogens is 1. The van der Waals surface area contributed by atoms with Gasteiger partial charge in [0, 0.05) is 29.4 Å². The van der Waals surface area contributed by atoms with Crippen LogP contribution in [-0.4, -0.2) is 23.8 Å². The SMILES string of the molecule is COc1ccc(NC(=O)c2cc(C(C)=O)c[nH]2)cc1Cc1ccccc1. The van der Waals surface area contributed by atoms with Crippen LogP contribution in [-0.2, 0) is 6.42 Å². The van der Waals surface area contributed by atoms with Crippen molar-refractivity contribution in [2.75, 3.05) is 12.4 Å². The van der Waals surface area contributed by atoms with Gasteiger partial charge in [-0.1, -0.05) is 30.3 Å². The van der Waals surface area contributed by atoms with Gasteiger partial charge in [-0.15, -0.1) is 0 Å². The summed E-state index contributed by atoms with van der Waals surface area (Å²) >= 11 is 0. The number of rotatable bonds is 6. The molecule has 0 aliphatic heterocycles. The van der Waals surface area contributed by atoms with E-state index in [0.717, 1.165) is 16.9 Å². The van der Waals surface area contributed by atoms with Crippen molar-refractivity contribution in [1.82, 2.24) is 4.98 Å². The zero-order valence-corrected chi connectivity index (χ0v) is 14.7. The van der Waals surface area contributed by atoms with E-state index >= 15 is 0 Å². The van der Waals surface area contributed by atoms with E-state index in [2.05, 4.69) is 10.3 Å². The van der Waals surface area contributed by atoms with Gasteiger partial charge in [-0.05, 0) is 36.8 Å². The number of ether oxygens (including phenoxy) is 1. The van der Waals surface area contributed by atoms with Crippen molar-refractivity contribution in [1.29, 1.82) is 0 Å². The van der Waals surface area contributed by atoms with Crippen molar-refractivity contribution in [2.45, 2.75) is 13.3 Å². The van der Waals surface area contributed by atoms with Crippen LogP contribution in [0.1, 0.15) is 38.9 Å². The number of hydrogen-bond donors (Lipinski definition) is 2. The van der Waals surface area contributed by atoms with E-state index in [1.165, 1.54) is 13.1 Å². The molecule has 132 valence electrons. The zero-order chi connectivity index (χ0) is 18.5. The third-order valence-corrected chi connectivity index (χ3v) is 4.11. The molecule has 0 radical (unpaired) electrons. The molecule has 0 unspecified atom stereocenters. The molecule has 2 aromatic carbocycles.